The van der Waals surface area contributed by atoms with Crippen LogP contribution >= 0.6 is 0 Å². The monoisotopic (exact) mass is 574 g/mol. The Morgan fingerprint density at radius 2 is 1.60 bits per heavy atom. The van der Waals surface area contributed by atoms with Crippen molar-refractivity contribution in [1.29, 1.82) is 0 Å². The van der Waals surface area contributed by atoms with Gasteiger partial charge in [0.05, 0.1) is 0 Å². The number of rotatable bonds is 1. The van der Waals surface area contributed by atoms with Gasteiger partial charge in [-0.15, -0.1) is 40.6 Å². The molecular formula is C32H30Cl2Zr. The molecule has 1 unspecified atom stereocenters. The van der Waals surface area contributed by atoms with Crippen LogP contribution in [0.15, 0.2) is 84.0 Å². The quantitative estimate of drug-likeness (QED) is 0.213. The van der Waals surface area contributed by atoms with Gasteiger partial charge in [-0.3, -0.25) is 0 Å². The molecule has 0 bridgehead atoms. The normalized spacial score (nSPS) is 15.6. The van der Waals surface area contributed by atoms with E-state index in [1.54, 1.807) is 0 Å². The van der Waals surface area contributed by atoms with Crippen LogP contribution in [0.3, 0.4) is 0 Å². The Morgan fingerprint density at radius 3 is 2.31 bits per heavy atom. The minimum atomic E-state index is 0. The van der Waals surface area contributed by atoms with Crippen molar-refractivity contribution in [2.75, 3.05) is 0 Å². The molecule has 0 heterocycles. The molecule has 1 atom stereocenters. The molecule has 0 N–H and O–H groups in total. The van der Waals surface area contributed by atoms with Crippen LogP contribution in [0.2, 0.25) is 0 Å². The Labute approximate surface area is 241 Å². The molecule has 176 valence electrons. The molecular weight excluding hydrogens is 546 g/mol. The van der Waals surface area contributed by atoms with E-state index in [0.717, 1.165) is 6.42 Å². The molecule has 2 aliphatic rings. The third kappa shape index (κ3) is 4.61. The van der Waals surface area contributed by atoms with Crippen molar-refractivity contribution in [1.82, 2.24) is 0 Å². The first kappa shape index (κ1) is 29.6. The van der Waals surface area contributed by atoms with E-state index in [2.05, 4.69) is 107 Å². The van der Waals surface area contributed by atoms with Crippen LogP contribution in [0.25, 0.3) is 32.7 Å². The number of halogens is 2. The van der Waals surface area contributed by atoms with Crippen molar-refractivity contribution in [2.45, 2.75) is 40.0 Å². The van der Waals surface area contributed by atoms with Crippen molar-refractivity contribution in [3.8, 4) is 11.1 Å². The minimum Gasteiger partial charge on any atom is -1.00 e. The summed E-state index contributed by atoms with van der Waals surface area (Å²) in [6, 6.07) is 25.9. The predicted molar refractivity (Wildman–Crippen MR) is 139 cm³/mol. The van der Waals surface area contributed by atoms with Crippen molar-refractivity contribution in [3.63, 3.8) is 0 Å². The molecule has 0 nitrogen and oxygen atoms in total. The number of allylic oxidation sites excluding steroid dienone is 4. The van der Waals surface area contributed by atoms with Gasteiger partial charge in [0.2, 0.25) is 0 Å². The van der Waals surface area contributed by atoms with Gasteiger partial charge in [-0.1, -0.05) is 81.0 Å². The summed E-state index contributed by atoms with van der Waals surface area (Å²) in [5, 5.41) is 5.40. The van der Waals surface area contributed by atoms with E-state index < -0.39 is 0 Å². The molecule has 0 amide bonds. The Balaban J connectivity index is 0.00000108. The summed E-state index contributed by atoms with van der Waals surface area (Å²) in [6.07, 6.45) is 5.89. The zero-order valence-corrected chi connectivity index (χ0v) is 24.9. The van der Waals surface area contributed by atoms with Gasteiger partial charge >= 0.3 is 26.2 Å². The van der Waals surface area contributed by atoms with Gasteiger partial charge < -0.3 is 32.2 Å². The Hall–Kier alpha value is -1.66. The summed E-state index contributed by atoms with van der Waals surface area (Å²) in [4.78, 5) is 0. The van der Waals surface area contributed by atoms with Crippen LogP contribution in [0.4, 0.5) is 0 Å². The van der Waals surface area contributed by atoms with Crippen LogP contribution in [-0.4, -0.2) is 0 Å². The van der Waals surface area contributed by atoms with Crippen LogP contribution < -0.4 is 24.8 Å². The molecule has 0 saturated carbocycles. The first-order chi connectivity index (χ1) is 14.9. The van der Waals surface area contributed by atoms with Gasteiger partial charge in [-0.2, -0.15) is 0 Å². The Bertz CT molecular complexity index is 1450. The molecule has 2 aliphatic carbocycles. The SMILES string of the molecule is CC1=CC(C(C)(C)C)=CC1c1cccc2c3c(c4[c-]cccc4c12)Cc1ccccc1-3.[CH3-].[Cl-].[Cl-].[Zr+4]. The summed E-state index contributed by atoms with van der Waals surface area (Å²) < 4.78 is 0. The summed E-state index contributed by atoms with van der Waals surface area (Å²) in [5.74, 6) is 0.330. The smallest absolute Gasteiger partial charge is 1.00 e. The topological polar surface area (TPSA) is 0 Å². The summed E-state index contributed by atoms with van der Waals surface area (Å²) >= 11 is 0. The molecule has 0 radical (unpaired) electrons. The van der Waals surface area contributed by atoms with Crippen LogP contribution in [0, 0.1) is 18.9 Å². The molecule has 0 spiro atoms. The number of benzene rings is 4. The van der Waals surface area contributed by atoms with E-state index in [0.29, 0.717) is 5.92 Å². The second-order valence-electron chi connectivity index (χ2n) is 10.2. The molecule has 6 rings (SSSR count). The fourth-order valence-electron chi connectivity index (χ4n) is 5.61. The average molecular weight is 577 g/mol. The molecule has 35 heavy (non-hydrogen) atoms. The summed E-state index contributed by atoms with van der Waals surface area (Å²) in [6.45, 7) is 9.21. The number of hydrogen-bond donors (Lipinski definition) is 0. The Morgan fingerprint density at radius 1 is 0.886 bits per heavy atom. The minimum absolute atomic E-state index is 0. The second kappa shape index (κ2) is 10.8. The first-order valence-corrected chi connectivity index (χ1v) is 11.3. The first-order valence-electron chi connectivity index (χ1n) is 11.3. The van der Waals surface area contributed by atoms with Gasteiger partial charge in [0, 0.05) is 5.92 Å². The van der Waals surface area contributed by atoms with Gasteiger partial charge in [0.1, 0.15) is 0 Å². The van der Waals surface area contributed by atoms with E-state index in [1.807, 2.05) is 0 Å². The number of hydrogen-bond acceptors (Lipinski definition) is 0. The van der Waals surface area contributed by atoms with Crippen LogP contribution in [0.1, 0.15) is 50.3 Å². The summed E-state index contributed by atoms with van der Waals surface area (Å²) in [7, 11) is 0. The van der Waals surface area contributed by atoms with Crippen LogP contribution in [0.5, 0.6) is 0 Å². The van der Waals surface area contributed by atoms with Crippen molar-refractivity contribution < 1.29 is 51.0 Å². The maximum atomic E-state index is 3.61. The molecule has 4 aromatic rings. The molecule has 0 aromatic heterocycles. The third-order valence-corrected chi connectivity index (χ3v) is 7.17. The molecule has 3 heteroatoms. The average Bonchev–Trinajstić information content (AvgIpc) is 3.34. The fourth-order valence-corrected chi connectivity index (χ4v) is 5.61. The van der Waals surface area contributed by atoms with Crippen molar-refractivity contribution in [2.24, 2.45) is 5.41 Å². The zero-order chi connectivity index (χ0) is 21.3. The van der Waals surface area contributed by atoms with E-state index in [4.69, 9.17) is 0 Å². The van der Waals surface area contributed by atoms with E-state index in [-0.39, 0.29) is 63.9 Å². The largest absolute Gasteiger partial charge is 4.00 e. The Kier molecular flexibility index (Phi) is 9.09. The van der Waals surface area contributed by atoms with E-state index >= 15 is 0 Å². The maximum absolute atomic E-state index is 3.61. The standard InChI is InChI=1S/C31H27.CH3.2ClH.Zr/c1-19-16-21(31(2,3)4)18-27(19)25-14-9-15-26-29-22-11-6-5-10-20(22)17-28(29)23-12-7-8-13-24(23)30(25)26;;;;/h5-11,13-16,18,27H,17H2,1-4H3;1H3;2*1H;/q2*-1;;;+4/p-2. The molecule has 0 aliphatic heterocycles. The van der Waals surface area contributed by atoms with E-state index in [9.17, 15) is 0 Å². The van der Waals surface area contributed by atoms with Gasteiger partial charge in [0.15, 0.2) is 0 Å². The van der Waals surface area contributed by atoms with Crippen LogP contribution in [-0.2, 0) is 32.6 Å². The van der Waals surface area contributed by atoms with Gasteiger partial charge in [-0.05, 0) is 57.4 Å². The molecule has 4 aromatic carbocycles. The van der Waals surface area contributed by atoms with Gasteiger partial charge in [-0.25, -0.2) is 0 Å². The third-order valence-electron chi connectivity index (χ3n) is 7.17. The van der Waals surface area contributed by atoms with Crippen molar-refractivity contribution in [3.05, 3.63) is 114 Å². The maximum Gasteiger partial charge on any atom is 4.00 e. The molecule has 0 fully saturated rings. The second-order valence-corrected chi connectivity index (χ2v) is 10.2. The van der Waals surface area contributed by atoms with Crippen molar-refractivity contribution >= 4 is 21.5 Å². The van der Waals surface area contributed by atoms with E-state index in [1.165, 1.54) is 60.5 Å². The number of fused-ring (bicyclic) bond motifs is 8. The zero-order valence-electron chi connectivity index (χ0n) is 21.0. The molecule has 0 saturated heterocycles. The van der Waals surface area contributed by atoms with Gasteiger partial charge in [0.25, 0.3) is 0 Å². The fraction of sp³-hybridized carbons (Fsp3) is 0.219. The summed E-state index contributed by atoms with van der Waals surface area (Å²) in [5.41, 5.74) is 10.1. The predicted octanol–water partition coefficient (Wildman–Crippen LogP) is 2.84.